The number of aromatic nitrogens is 2. The molecule has 0 aliphatic rings. The Hall–Kier alpha value is -1.59. The van der Waals surface area contributed by atoms with Crippen LogP contribution in [0.1, 0.15) is 13.8 Å². The minimum absolute atomic E-state index is 0.167. The van der Waals surface area contributed by atoms with Gasteiger partial charge in [0.1, 0.15) is 0 Å². The quantitative estimate of drug-likeness (QED) is 0.818. The van der Waals surface area contributed by atoms with Crippen LogP contribution < -0.4 is 5.69 Å². The molecule has 5 nitrogen and oxygen atoms in total. The standard InChI is InChI=1S/C14H21N3O2/c1-3-16(4-2)9-11(18)10-17-13-8-6-5-7-12(13)15-14(17)19/h5-8,11,18H,3-4,9-10H2,1-2H3,(H,15,19). The topological polar surface area (TPSA) is 61.3 Å². The van der Waals surface area contributed by atoms with Crippen LogP contribution >= 0.6 is 0 Å². The van der Waals surface area contributed by atoms with E-state index in [4.69, 9.17) is 0 Å². The fraction of sp³-hybridized carbons (Fsp3) is 0.500. The van der Waals surface area contributed by atoms with Crippen LogP contribution in [-0.2, 0) is 6.54 Å². The Kier molecular flexibility index (Phi) is 4.39. The number of hydrogen-bond acceptors (Lipinski definition) is 3. The molecule has 5 heteroatoms. The van der Waals surface area contributed by atoms with E-state index < -0.39 is 6.10 Å². The van der Waals surface area contributed by atoms with Crippen LogP contribution in [-0.4, -0.2) is 45.3 Å². The second-order valence-corrected chi connectivity index (χ2v) is 4.70. The van der Waals surface area contributed by atoms with E-state index in [2.05, 4.69) is 23.7 Å². The number of H-pyrrole nitrogens is 1. The van der Waals surface area contributed by atoms with Crippen molar-refractivity contribution in [3.8, 4) is 0 Å². The lowest BCUT2D eigenvalue weighted by molar-refractivity contribution is 0.103. The van der Waals surface area contributed by atoms with E-state index in [0.717, 1.165) is 24.1 Å². The number of nitrogens with zero attached hydrogens (tertiary/aromatic N) is 2. The smallest absolute Gasteiger partial charge is 0.326 e. The van der Waals surface area contributed by atoms with Crippen LogP contribution in [0.3, 0.4) is 0 Å². The van der Waals surface area contributed by atoms with Crippen molar-refractivity contribution < 1.29 is 5.11 Å². The summed E-state index contributed by atoms with van der Waals surface area (Å²) >= 11 is 0. The number of hydrogen-bond donors (Lipinski definition) is 2. The highest BCUT2D eigenvalue weighted by molar-refractivity contribution is 5.74. The first-order valence-electron chi connectivity index (χ1n) is 6.73. The van der Waals surface area contributed by atoms with Crippen molar-refractivity contribution >= 4 is 11.0 Å². The van der Waals surface area contributed by atoms with Crippen molar-refractivity contribution in [2.75, 3.05) is 19.6 Å². The fourth-order valence-corrected chi connectivity index (χ4v) is 2.34. The Morgan fingerprint density at radius 1 is 1.32 bits per heavy atom. The Bertz CT molecular complexity index is 584. The summed E-state index contributed by atoms with van der Waals surface area (Å²) in [6.07, 6.45) is -0.545. The number of para-hydroxylation sites is 2. The molecule has 0 saturated carbocycles. The SMILES string of the molecule is CCN(CC)CC(O)Cn1c(=O)[nH]c2ccccc21. The predicted octanol–water partition coefficient (Wildman–Crippen LogP) is 1.03. The molecule has 104 valence electrons. The summed E-state index contributed by atoms with van der Waals surface area (Å²) in [6.45, 7) is 6.83. The van der Waals surface area contributed by atoms with E-state index in [1.54, 1.807) is 4.57 Å². The molecule has 0 amide bonds. The number of imidazole rings is 1. The zero-order chi connectivity index (χ0) is 13.8. The maximum Gasteiger partial charge on any atom is 0.326 e. The Morgan fingerprint density at radius 3 is 2.68 bits per heavy atom. The average Bonchev–Trinajstić information content (AvgIpc) is 2.72. The van der Waals surface area contributed by atoms with Gasteiger partial charge in [-0.2, -0.15) is 0 Å². The molecule has 0 spiro atoms. The molecule has 0 radical (unpaired) electrons. The minimum Gasteiger partial charge on any atom is -0.390 e. The second-order valence-electron chi connectivity index (χ2n) is 4.70. The first-order chi connectivity index (χ1) is 9.15. The number of rotatable bonds is 6. The van der Waals surface area contributed by atoms with Crippen molar-refractivity contribution in [2.24, 2.45) is 0 Å². The highest BCUT2D eigenvalue weighted by Gasteiger charge is 2.13. The van der Waals surface area contributed by atoms with Crippen molar-refractivity contribution in [1.82, 2.24) is 14.5 Å². The molecule has 0 aliphatic heterocycles. The molecule has 1 unspecified atom stereocenters. The molecule has 0 bridgehead atoms. The summed E-state index contributed by atoms with van der Waals surface area (Å²) in [4.78, 5) is 16.8. The van der Waals surface area contributed by atoms with Crippen LogP contribution in [0.2, 0.25) is 0 Å². The van der Waals surface area contributed by atoms with Gasteiger partial charge in [0, 0.05) is 6.54 Å². The lowest BCUT2D eigenvalue weighted by Crippen LogP contribution is -2.36. The van der Waals surface area contributed by atoms with Crippen molar-refractivity contribution in [1.29, 1.82) is 0 Å². The Balaban J connectivity index is 2.17. The molecule has 0 saturated heterocycles. The number of fused-ring (bicyclic) bond motifs is 1. The molecule has 1 atom stereocenters. The number of aliphatic hydroxyl groups excluding tert-OH is 1. The molecule has 1 aromatic heterocycles. The van der Waals surface area contributed by atoms with Crippen LogP contribution in [0, 0.1) is 0 Å². The maximum atomic E-state index is 11.9. The number of benzene rings is 1. The molecule has 0 aliphatic carbocycles. The van der Waals surface area contributed by atoms with Gasteiger partial charge in [0.15, 0.2) is 0 Å². The molecular weight excluding hydrogens is 242 g/mol. The third-order valence-corrected chi connectivity index (χ3v) is 3.44. The molecular formula is C14H21N3O2. The highest BCUT2D eigenvalue weighted by atomic mass is 16.3. The van der Waals surface area contributed by atoms with Gasteiger partial charge in [0.2, 0.25) is 0 Å². The molecule has 2 rings (SSSR count). The highest BCUT2D eigenvalue weighted by Crippen LogP contribution is 2.09. The lowest BCUT2D eigenvalue weighted by atomic mass is 10.3. The largest absolute Gasteiger partial charge is 0.390 e. The van der Waals surface area contributed by atoms with Crippen LogP contribution in [0.4, 0.5) is 0 Å². The van der Waals surface area contributed by atoms with E-state index in [1.807, 2.05) is 24.3 Å². The summed E-state index contributed by atoms with van der Waals surface area (Å²) in [6, 6.07) is 7.53. The Labute approximate surface area is 112 Å². The summed E-state index contributed by atoms with van der Waals surface area (Å²) in [5, 5.41) is 10.1. The zero-order valence-corrected chi connectivity index (χ0v) is 11.5. The monoisotopic (exact) mass is 263 g/mol. The third kappa shape index (κ3) is 3.05. The number of aromatic amines is 1. The van der Waals surface area contributed by atoms with Crippen LogP contribution in [0.5, 0.6) is 0 Å². The van der Waals surface area contributed by atoms with Gasteiger partial charge in [-0.1, -0.05) is 26.0 Å². The van der Waals surface area contributed by atoms with Crippen molar-refractivity contribution in [3.05, 3.63) is 34.7 Å². The van der Waals surface area contributed by atoms with E-state index in [0.29, 0.717) is 13.1 Å². The van der Waals surface area contributed by atoms with Gasteiger partial charge in [-0.25, -0.2) is 4.79 Å². The molecule has 1 aromatic carbocycles. The lowest BCUT2D eigenvalue weighted by Gasteiger charge is -2.22. The second kappa shape index (κ2) is 6.04. The van der Waals surface area contributed by atoms with E-state index in [9.17, 15) is 9.90 Å². The molecule has 0 fully saturated rings. The van der Waals surface area contributed by atoms with Gasteiger partial charge in [0.05, 0.1) is 23.7 Å². The van der Waals surface area contributed by atoms with Crippen LogP contribution in [0.15, 0.2) is 29.1 Å². The summed E-state index contributed by atoms with van der Waals surface area (Å²) in [5.74, 6) is 0. The van der Waals surface area contributed by atoms with Gasteiger partial charge in [-0.15, -0.1) is 0 Å². The number of likely N-dealkylation sites (N-methyl/N-ethyl adjacent to an activating group) is 1. The van der Waals surface area contributed by atoms with Gasteiger partial charge < -0.3 is 15.0 Å². The summed E-state index contributed by atoms with van der Waals surface area (Å²) in [7, 11) is 0. The van der Waals surface area contributed by atoms with Gasteiger partial charge in [-0.05, 0) is 25.2 Å². The Morgan fingerprint density at radius 2 is 2.00 bits per heavy atom. The van der Waals surface area contributed by atoms with E-state index in [1.165, 1.54) is 0 Å². The van der Waals surface area contributed by atoms with E-state index in [-0.39, 0.29) is 5.69 Å². The van der Waals surface area contributed by atoms with Gasteiger partial charge in [0.25, 0.3) is 0 Å². The average molecular weight is 263 g/mol. The first-order valence-corrected chi connectivity index (χ1v) is 6.73. The fourth-order valence-electron chi connectivity index (χ4n) is 2.34. The first kappa shape index (κ1) is 13.8. The number of aliphatic hydroxyl groups is 1. The molecule has 1 heterocycles. The molecule has 2 aromatic rings. The summed E-state index contributed by atoms with van der Waals surface area (Å²) < 4.78 is 1.60. The molecule has 2 N–H and O–H groups in total. The minimum atomic E-state index is -0.545. The van der Waals surface area contributed by atoms with Crippen LogP contribution in [0.25, 0.3) is 11.0 Å². The van der Waals surface area contributed by atoms with E-state index >= 15 is 0 Å². The number of nitrogens with one attached hydrogen (secondary N) is 1. The maximum absolute atomic E-state index is 11.9. The zero-order valence-electron chi connectivity index (χ0n) is 11.5. The predicted molar refractivity (Wildman–Crippen MR) is 76.4 cm³/mol. The van der Waals surface area contributed by atoms with Crippen molar-refractivity contribution in [2.45, 2.75) is 26.5 Å². The van der Waals surface area contributed by atoms with Crippen molar-refractivity contribution in [3.63, 3.8) is 0 Å². The summed E-state index contributed by atoms with van der Waals surface area (Å²) in [5.41, 5.74) is 1.48. The van der Waals surface area contributed by atoms with Gasteiger partial charge in [-0.3, -0.25) is 4.57 Å². The third-order valence-electron chi connectivity index (χ3n) is 3.44. The normalized spacial score (nSPS) is 13.3. The van der Waals surface area contributed by atoms with Gasteiger partial charge >= 0.3 is 5.69 Å². The molecule has 19 heavy (non-hydrogen) atoms.